The van der Waals surface area contributed by atoms with Crippen LogP contribution in [0.4, 0.5) is 5.69 Å². The molecule has 1 N–H and O–H groups in total. The van der Waals surface area contributed by atoms with E-state index >= 15 is 0 Å². The van der Waals surface area contributed by atoms with E-state index in [9.17, 15) is 0 Å². The molecule has 4 nitrogen and oxygen atoms in total. The lowest BCUT2D eigenvalue weighted by atomic mass is 10.0. The van der Waals surface area contributed by atoms with E-state index in [4.69, 9.17) is 15.0 Å². The molecule has 1 aliphatic heterocycles. The maximum Gasteiger partial charge on any atom is 0.164 e. The van der Waals surface area contributed by atoms with E-state index < -0.39 is 0 Å². The van der Waals surface area contributed by atoms with Gasteiger partial charge in [0.05, 0.1) is 5.69 Å². The third-order valence-corrected chi connectivity index (χ3v) is 8.76. The molecule has 0 spiro atoms. The number of nitrogens with one attached hydrogen (secondary N) is 1. The zero-order valence-corrected chi connectivity index (χ0v) is 22.8. The van der Waals surface area contributed by atoms with Gasteiger partial charge in [-0.25, -0.2) is 15.0 Å². The maximum atomic E-state index is 4.94. The monoisotopic (exact) mass is 544 g/mol. The number of thioether (sulfide) groups is 1. The minimum Gasteiger partial charge on any atom is -0.368 e. The molecule has 194 valence electrons. The number of nitrogens with zero attached hydrogens (tertiary/aromatic N) is 3. The maximum absolute atomic E-state index is 4.94. The average molecular weight is 545 g/mol. The van der Waals surface area contributed by atoms with Crippen molar-refractivity contribution in [2.75, 3.05) is 5.32 Å². The SMILES string of the molecule is c1ccc(-c2nc(-c3ccccc3)nc(-c3ccc4ccc5c(c4c3)NC(c3ccc4ccccc4c3)S5)n2)cc1. The highest BCUT2D eigenvalue weighted by atomic mass is 32.2. The molecule has 5 heteroatoms. The Bertz CT molecular complexity index is 2000. The van der Waals surface area contributed by atoms with Gasteiger partial charge in [0.15, 0.2) is 17.5 Å². The molecule has 1 unspecified atom stereocenters. The summed E-state index contributed by atoms with van der Waals surface area (Å²) in [6.45, 7) is 0. The van der Waals surface area contributed by atoms with E-state index in [0.717, 1.165) is 22.4 Å². The molecule has 0 radical (unpaired) electrons. The van der Waals surface area contributed by atoms with Crippen molar-refractivity contribution in [2.45, 2.75) is 10.3 Å². The van der Waals surface area contributed by atoms with E-state index in [1.807, 2.05) is 72.4 Å². The molecule has 1 aliphatic rings. The molecule has 0 aliphatic carbocycles. The van der Waals surface area contributed by atoms with Crippen molar-refractivity contribution in [3.05, 3.63) is 139 Å². The molecule has 0 saturated carbocycles. The van der Waals surface area contributed by atoms with Crippen molar-refractivity contribution in [2.24, 2.45) is 0 Å². The van der Waals surface area contributed by atoms with Crippen LogP contribution in [0.5, 0.6) is 0 Å². The quantitative estimate of drug-likeness (QED) is 0.239. The van der Waals surface area contributed by atoms with Crippen molar-refractivity contribution in [3.8, 4) is 34.2 Å². The van der Waals surface area contributed by atoms with Gasteiger partial charge in [0.2, 0.25) is 0 Å². The number of rotatable bonds is 4. The third kappa shape index (κ3) is 4.41. The zero-order chi connectivity index (χ0) is 27.2. The topological polar surface area (TPSA) is 50.7 Å². The highest BCUT2D eigenvalue weighted by Crippen LogP contribution is 2.50. The first-order valence-electron chi connectivity index (χ1n) is 13.6. The molecule has 0 amide bonds. The van der Waals surface area contributed by atoms with Gasteiger partial charge in [0, 0.05) is 27.0 Å². The summed E-state index contributed by atoms with van der Waals surface area (Å²) in [7, 11) is 0. The molecule has 41 heavy (non-hydrogen) atoms. The van der Waals surface area contributed by atoms with E-state index in [1.54, 1.807) is 0 Å². The number of hydrogen-bond donors (Lipinski definition) is 1. The predicted octanol–water partition coefficient (Wildman–Crippen LogP) is 9.40. The van der Waals surface area contributed by atoms with Gasteiger partial charge in [-0.2, -0.15) is 0 Å². The van der Waals surface area contributed by atoms with Crippen LogP contribution in [0, 0.1) is 0 Å². The number of fused-ring (bicyclic) bond motifs is 4. The van der Waals surface area contributed by atoms with Gasteiger partial charge >= 0.3 is 0 Å². The standard InChI is InChI=1S/C36H24N4S/c1-3-10-25(11-4-1)33-38-34(26-12-5-2-6-13-26)40-35(39-33)28-17-16-24-19-20-31-32(30(24)22-28)37-36(41-31)29-18-15-23-9-7-8-14-27(23)21-29/h1-22,36-37H. The van der Waals surface area contributed by atoms with Crippen molar-refractivity contribution in [1.82, 2.24) is 15.0 Å². The summed E-state index contributed by atoms with van der Waals surface area (Å²) in [6.07, 6.45) is 0. The Morgan fingerprint density at radius 1 is 0.488 bits per heavy atom. The highest BCUT2D eigenvalue weighted by molar-refractivity contribution is 8.00. The Labute approximate surface area is 242 Å². The average Bonchev–Trinajstić information content (AvgIpc) is 3.50. The Hall–Kier alpha value is -5.00. The lowest BCUT2D eigenvalue weighted by Gasteiger charge is -2.13. The first kappa shape index (κ1) is 23.9. The smallest absolute Gasteiger partial charge is 0.164 e. The first-order chi connectivity index (χ1) is 20.3. The second-order valence-electron chi connectivity index (χ2n) is 10.2. The van der Waals surface area contributed by atoms with Gasteiger partial charge in [-0.05, 0) is 39.9 Å². The zero-order valence-electron chi connectivity index (χ0n) is 22.0. The summed E-state index contributed by atoms with van der Waals surface area (Å²) in [5.74, 6) is 1.99. The lowest BCUT2D eigenvalue weighted by molar-refractivity contribution is 1.07. The number of benzene rings is 6. The Morgan fingerprint density at radius 3 is 1.78 bits per heavy atom. The minimum atomic E-state index is 0.149. The van der Waals surface area contributed by atoms with Crippen molar-refractivity contribution in [1.29, 1.82) is 0 Å². The summed E-state index contributed by atoms with van der Waals surface area (Å²) in [4.78, 5) is 16.0. The normalized spacial score (nSPS) is 14.2. The Kier molecular flexibility index (Phi) is 5.75. The second-order valence-corrected chi connectivity index (χ2v) is 11.3. The van der Waals surface area contributed by atoms with Crippen LogP contribution in [0.25, 0.3) is 55.7 Å². The molecule has 0 fully saturated rings. The highest BCUT2D eigenvalue weighted by Gasteiger charge is 2.25. The molecule has 1 aromatic heterocycles. The van der Waals surface area contributed by atoms with Crippen molar-refractivity contribution < 1.29 is 0 Å². The molecule has 7 aromatic rings. The Balaban J connectivity index is 1.22. The fourth-order valence-electron chi connectivity index (χ4n) is 5.43. The summed E-state index contributed by atoms with van der Waals surface area (Å²) in [6, 6.07) is 46.3. The van der Waals surface area contributed by atoms with Crippen LogP contribution in [0.3, 0.4) is 0 Å². The molecule has 2 heterocycles. The van der Waals surface area contributed by atoms with Gasteiger partial charge in [-0.15, -0.1) is 0 Å². The fourth-order valence-corrected chi connectivity index (χ4v) is 6.58. The summed E-state index contributed by atoms with van der Waals surface area (Å²) >= 11 is 1.86. The summed E-state index contributed by atoms with van der Waals surface area (Å²) in [5.41, 5.74) is 5.32. The third-order valence-electron chi connectivity index (χ3n) is 7.54. The molecular weight excluding hydrogens is 520 g/mol. The Morgan fingerprint density at radius 2 is 1.07 bits per heavy atom. The van der Waals surface area contributed by atoms with Gasteiger partial charge < -0.3 is 5.32 Å². The predicted molar refractivity (Wildman–Crippen MR) is 170 cm³/mol. The van der Waals surface area contributed by atoms with Crippen molar-refractivity contribution in [3.63, 3.8) is 0 Å². The summed E-state index contributed by atoms with van der Waals surface area (Å²) in [5, 5.41) is 8.83. The van der Waals surface area contributed by atoms with Gasteiger partial charge in [0.25, 0.3) is 0 Å². The van der Waals surface area contributed by atoms with E-state index in [2.05, 4.69) is 78.1 Å². The van der Waals surface area contributed by atoms with E-state index in [1.165, 1.54) is 32.0 Å². The molecule has 6 aromatic carbocycles. The largest absolute Gasteiger partial charge is 0.368 e. The second kappa shape index (κ2) is 9.88. The number of anilines is 1. The number of hydrogen-bond acceptors (Lipinski definition) is 5. The van der Waals surface area contributed by atoms with Gasteiger partial charge in [-0.3, -0.25) is 0 Å². The minimum absolute atomic E-state index is 0.149. The molecule has 1 atom stereocenters. The van der Waals surface area contributed by atoms with Crippen LogP contribution >= 0.6 is 11.8 Å². The van der Waals surface area contributed by atoms with Crippen LogP contribution in [0.1, 0.15) is 10.9 Å². The van der Waals surface area contributed by atoms with Crippen LogP contribution in [-0.4, -0.2) is 15.0 Å². The molecule has 0 bridgehead atoms. The van der Waals surface area contributed by atoms with Crippen LogP contribution < -0.4 is 5.32 Å². The summed E-state index contributed by atoms with van der Waals surface area (Å²) < 4.78 is 0. The molecular formula is C36H24N4S. The van der Waals surface area contributed by atoms with Gasteiger partial charge in [0.1, 0.15) is 5.37 Å². The van der Waals surface area contributed by atoms with E-state index in [0.29, 0.717) is 17.5 Å². The van der Waals surface area contributed by atoms with Crippen molar-refractivity contribution >= 4 is 39.0 Å². The molecule has 8 rings (SSSR count). The van der Waals surface area contributed by atoms with Crippen LogP contribution in [0.15, 0.2) is 138 Å². The molecule has 0 saturated heterocycles. The van der Waals surface area contributed by atoms with Crippen LogP contribution in [0.2, 0.25) is 0 Å². The number of aromatic nitrogens is 3. The first-order valence-corrected chi connectivity index (χ1v) is 14.5. The van der Waals surface area contributed by atoms with Crippen LogP contribution in [-0.2, 0) is 0 Å². The van der Waals surface area contributed by atoms with E-state index in [-0.39, 0.29) is 5.37 Å². The lowest BCUT2D eigenvalue weighted by Crippen LogP contribution is -2.02. The fraction of sp³-hybridized carbons (Fsp3) is 0.0278. The van der Waals surface area contributed by atoms with Gasteiger partial charge in [-0.1, -0.05) is 127 Å².